The van der Waals surface area contributed by atoms with Crippen LogP contribution in [0.5, 0.6) is 0 Å². The first-order valence-electron chi connectivity index (χ1n) is 33.9. The van der Waals surface area contributed by atoms with Crippen LogP contribution in [0.1, 0.15) is 166 Å². The van der Waals surface area contributed by atoms with E-state index in [4.69, 9.17) is 4.74 Å². The van der Waals surface area contributed by atoms with Gasteiger partial charge in [-0.2, -0.15) is 0 Å². The average molecular weight is 1350 g/mol. The van der Waals surface area contributed by atoms with Gasteiger partial charge in [0.1, 0.15) is 66.2 Å². The maximum absolute atomic E-state index is 15.5. The van der Waals surface area contributed by atoms with Crippen LogP contribution in [0.25, 0.3) is 11.0 Å². The molecule has 27 heteroatoms. The van der Waals surface area contributed by atoms with E-state index >= 15 is 19.2 Å². The van der Waals surface area contributed by atoms with Crippen LogP contribution < -0.4 is 21.3 Å². The van der Waals surface area contributed by atoms with Gasteiger partial charge >= 0.3 is 5.97 Å². The van der Waals surface area contributed by atoms with E-state index in [9.17, 15) is 43.5 Å². The highest BCUT2D eigenvalue weighted by atomic mass is 16.5. The number of rotatable bonds is 17. The van der Waals surface area contributed by atoms with Gasteiger partial charge in [-0.25, -0.2) is 9.78 Å². The summed E-state index contributed by atoms with van der Waals surface area (Å²) < 4.78 is 5.18. The van der Waals surface area contributed by atoms with Gasteiger partial charge in [-0.1, -0.05) is 96.9 Å². The highest BCUT2D eigenvalue weighted by Gasteiger charge is 2.46. The molecule has 1 saturated heterocycles. The minimum absolute atomic E-state index is 0.00194. The van der Waals surface area contributed by atoms with E-state index in [1.807, 2.05) is 55.4 Å². The molecule has 0 saturated carbocycles. The first kappa shape index (κ1) is 82.5. The molecular weight excluding hydrogens is 1230 g/mol. The maximum Gasteiger partial charge on any atom is 0.338 e. The molecule has 1 fully saturated rings. The van der Waals surface area contributed by atoms with Crippen LogP contribution in [0.2, 0.25) is 0 Å². The second-order valence-electron chi connectivity index (χ2n) is 28.6. The Bertz CT molecular complexity index is 3060. The SMILES string of the molecule is CCOC(=O)c1ccc2[nH]c(C[C@@H](C)[C@@H](O)[C@H]3C(=O)N[C@@H](CC)C(=O)N(C)CC(=O)N(C)[C@@H](CC(C)C)C(=O)N[C@@H](C(C)C)C(=O)N(C)[C@@H](CC(C)C)C(=O)N[C@@H](C)C(=O)N[C@H](C)C(=O)N(C)[C@@H](CC(C)C)C(=O)N(C)[C@@H](CC(C)C)C(=O)N(C)[C@@H](C(C)C)C(=O)N3C)nc2c1. The zero-order valence-electron chi connectivity index (χ0n) is 61.6. The Morgan fingerprint density at radius 3 is 1.50 bits per heavy atom. The molecule has 540 valence electrons. The molecule has 0 spiro atoms. The molecule has 11 amide bonds. The minimum atomic E-state index is -1.76. The fourth-order valence-electron chi connectivity index (χ4n) is 12.1. The molecule has 3 rings (SSSR count). The molecule has 2 heterocycles. The Labute approximate surface area is 569 Å². The van der Waals surface area contributed by atoms with Crippen LogP contribution in [-0.4, -0.2) is 249 Å². The molecular formula is C69H115N13O14. The monoisotopic (exact) mass is 1350 g/mol. The van der Waals surface area contributed by atoms with E-state index in [2.05, 4.69) is 31.2 Å². The van der Waals surface area contributed by atoms with Gasteiger partial charge < -0.3 is 70.4 Å². The van der Waals surface area contributed by atoms with Gasteiger partial charge in [0.25, 0.3) is 0 Å². The van der Waals surface area contributed by atoms with E-state index in [0.717, 1.165) is 9.80 Å². The summed E-state index contributed by atoms with van der Waals surface area (Å²) in [6, 6.07) is -8.09. The molecule has 0 bridgehead atoms. The molecule has 12 atom stereocenters. The molecule has 1 aromatic heterocycles. The zero-order valence-corrected chi connectivity index (χ0v) is 61.6. The Kier molecular flexibility index (Phi) is 31.4. The standard InChI is InChI=1S/C69H115N13O14/c1-25-46-64(90)76(18)35-54(83)77(19)49(29-36(3)4)61(87)75-55(40(11)12)67(93)78(20)50(30-37(5)6)60(86)70-43(16)59(85)71-44(17)63(89)79(21)51(31-38(7)8)65(91)80(22)52(32-39(9)10)66(92)81(23)56(41(13)14)68(94)82(24)57(62(88)74-46)58(84)42(15)33-53-72-47-28-27-45(34-48(47)73-53)69(95)96-26-2/h27-28,34,36-44,46,49-52,55-58,84H,25-26,29-33,35H2,1-24H3,(H,70,86)(H,71,85)(H,72,73)(H,74,88)(H,75,87)/t42-,43+,44-,46+,49+,50+,51+,52+,55+,56+,57+,58-/m1/s1. The molecule has 96 heavy (non-hydrogen) atoms. The number of nitrogens with zero attached hydrogens (tertiary/aromatic N) is 8. The van der Waals surface area contributed by atoms with Crippen LogP contribution in [0.15, 0.2) is 18.2 Å². The summed E-state index contributed by atoms with van der Waals surface area (Å²) in [6.07, 6.45) is -1.24. The third-order valence-electron chi connectivity index (χ3n) is 17.9. The number of likely N-dealkylation sites (N-methyl/N-ethyl adjacent to an activating group) is 7. The number of H-pyrrole nitrogens is 1. The Morgan fingerprint density at radius 1 is 0.531 bits per heavy atom. The summed E-state index contributed by atoms with van der Waals surface area (Å²) in [5.74, 6) is -10.8. The van der Waals surface area contributed by atoms with Crippen molar-refractivity contribution in [2.75, 3.05) is 62.5 Å². The smallest absolute Gasteiger partial charge is 0.338 e. The lowest BCUT2D eigenvalue weighted by Crippen LogP contribution is -2.63. The number of carbonyl (C=O) groups excluding carboxylic acids is 12. The fourth-order valence-corrected chi connectivity index (χ4v) is 12.1. The highest BCUT2D eigenvalue weighted by Crippen LogP contribution is 2.27. The first-order valence-corrected chi connectivity index (χ1v) is 33.9. The second-order valence-corrected chi connectivity index (χ2v) is 28.6. The number of aromatic amines is 1. The van der Waals surface area contributed by atoms with Crippen molar-refractivity contribution in [3.63, 3.8) is 0 Å². The minimum Gasteiger partial charge on any atom is -0.462 e. The van der Waals surface area contributed by atoms with Gasteiger partial charge in [-0.15, -0.1) is 0 Å². The van der Waals surface area contributed by atoms with Gasteiger partial charge in [-0.3, -0.25) is 52.7 Å². The van der Waals surface area contributed by atoms with E-state index in [1.165, 1.54) is 87.7 Å². The summed E-state index contributed by atoms with van der Waals surface area (Å²) in [6.45, 7) is 29.0. The Balaban J connectivity index is 2.33. The van der Waals surface area contributed by atoms with Crippen molar-refractivity contribution in [2.45, 2.75) is 223 Å². The number of imidazole rings is 1. The number of aromatic nitrogens is 2. The number of ether oxygens (including phenoxy) is 1. The molecule has 0 unspecified atom stereocenters. The average Bonchev–Trinajstić information content (AvgIpc) is 0.888. The number of fused-ring (bicyclic) bond motifs is 1. The summed E-state index contributed by atoms with van der Waals surface area (Å²) in [4.78, 5) is 191. The molecule has 0 aliphatic carbocycles. The van der Waals surface area contributed by atoms with Gasteiger partial charge in [0.15, 0.2) is 0 Å². The highest BCUT2D eigenvalue weighted by molar-refractivity contribution is 6.00. The van der Waals surface area contributed by atoms with Crippen molar-refractivity contribution >= 4 is 82.0 Å². The number of amides is 11. The predicted molar refractivity (Wildman–Crippen MR) is 365 cm³/mol. The third-order valence-corrected chi connectivity index (χ3v) is 17.9. The van der Waals surface area contributed by atoms with Gasteiger partial charge in [0.05, 0.1) is 35.9 Å². The number of esters is 1. The summed E-state index contributed by atoms with van der Waals surface area (Å²) >= 11 is 0. The van der Waals surface area contributed by atoms with Gasteiger partial charge in [0.2, 0.25) is 65.0 Å². The third kappa shape index (κ3) is 21.6. The van der Waals surface area contributed by atoms with E-state index in [1.54, 1.807) is 66.7 Å². The quantitative estimate of drug-likeness (QED) is 0.123. The normalized spacial score (nSPS) is 25.1. The number of hydrogen-bond acceptors (Lipinski definition) is 15. The maximum atomic E-state index is 15.5. The number of aliphatic hydroxyl groups is 1. The second kappa shape index (κ2) is 36.6. The largest absolute Gasteiger partial charge is 0.462 e. The molecule has 0 radical (unpaired) electrons. The van der Waals surface area contributed by atoms with Crippen LogP contribution in [0.4, 0.5) is 0 Å². The molecule has 1 aromatic carbocycles. The molecule has 2 aromatic rings. The van der Waals surface area contributed by atoms with Crippen molar-refractivity contribution in [3.8, 4) is 0 Å². The number of aliphatic hydroxyl groups excluding tert-OH is 1. The number of benzene rings is 1. The van der Waals surface area contributed by atoms with Crippen LogP contribution in [0, 0.1) is 41.4 Å². The van der Waals surface area contributed by atoms with E-state index < -0.39 is 162 Å². The summed E-state index contributed by atoms with van der Waals surface area (Å²) in [5, 5.41) is 23.6. The lowest BCUT2D eigenvalue weighted by atomic mass is 9.91. The van der Waals surface area contributed by atoms with Crippen molar-refractivity contribution in [3.05, 3.63) is 29.6 Å². The van der Waals surface area contributed by atoms with Crippen molar-refractivity contribution < 1.29 is 67.4 Å². The van der Waals surface area contributed by atoms with E-state index in [0.29, 0.717) is 16.9 Å². The van der Waals surface area contributed by atoms with Gasteiger partial charge in [0, 0.05) is 55.8 Å². The predicted octanol–water partition coefficient (Wildman–Crippen LogP) is 3.60. The number of hydrogen-bond donors (Lipinski definition) is 6. The Hall–Kier alpha value is -7.71. The van der Waals surface area contributed by atoms with Crippen LogP contribution in [-0.2, 0) is 63.9 Å². The van der Waals surface area contributed by atoms with Gasteiger partial charge in [-0.05, 0) is 112 Å². The lowest BCUT2D eigenvalue weighted by molar-refractivity contribution is -0.157. The van der Waals surface area contributed by atoms with Crippen molar-refractivity contribution in [2.24, 2.45) is 41.4 Å². The zero-order chi connectivity index (χ0) is 73.4. The first-order chi connectivity index (χ1) is 44.5. The lowest BCUT2D eigenvalue weighted by Gasteiger charge is -2.41. The fraction of sp³-hybridized carbons (Fsp3) is 0.725. The van der Waals surface area contributed by atoms with Crippen molar-refractivity contribution in [1.29, 1.82) is 0 Å². The molecule has 1 aliphatic rings. The number of nitrogens with one attached hydrogen (secondary N) is 5. The number of carbonyl (C=O) groups is 12. The summed E-state index contributed by atoms with van der Waals surface area (Å²) in [5.41, 5.74) is 1.25. The molecule has 6 N–H and O–H groups in total. The molecule has 27 nitrogen and oxygen atoms in total. The Morgan fingerprint density at radius 2 is 1.00 bits per heavy atom. The molecule has 1 aliphatic heterocycles. The van der Waals surface area contributed by atoms with Crippen LogP contribution in [0.3, 0.4) is 0 Å². The van der Waals surface area contributed by atoms with Crippen molar-refractivity contribution in [1.82, 2.24) is 65.5 Å². The van der Waals surface area contributed by atoms with E-state index in [-0.39, 0.29) is 74.4 Å². The summed E-state index contributed by atoms with van der Waals surface area (Å²) in [7, 11) is 9.77. The topological polar surface area (TPSA) is 334 Å². The van der Waals surface area contributed by atoms with Crippen LogP contribution >= 0.6 is 0 Å².